The average molecular weight is 224 g/mol. The van der Waals surface area contributed by atoms with Crippen LogP contribution in [0.1, 0.15) is 31.9 Å². The summed E-state index contributed by atoms with van der Waals surface area (Å²) >= 11 is 0. The zero-order valence-corrected chi connectivity index (χ0v) is 9.30. The Morgan fingerprint density at radius 2 is 2.12 bits per heavy atom. The number of halogens is 2. The molecule has 2 nitrogen and oxygen atoms in total. The summed E-state index contributed by atoms with van der Waals surface area (Å²) in [6.45, 7) is 3.87. The molecule has 0 saturated carbocycles. The van der Waals surface area contributed by atoms with Crippen LogP contribution in [0.4, 0.5) is 8.78 Å². The summed E-state index contributed by atoms with van der Waals surface area (Å²) in [6.07, 6.45) is 0.834. The molecule has 2 atom stereocenters. The van der Waals surface area contributed by atoms with Crippen LogP contribution >= 0.6 is 0 Å². The molecular formula is C12H14F2N2. The maximum atomic E-state index is 13.4. The lowest BCUT2D eigenvalue weighted by atomic mass is 10.1. The van der Waals surface area contributed by atoms with Gasteiger partial charge in [-0.1, -0.05) is 13.0 Å². The molecule has 0 aromatic heterocycles. The van der Waals surface area contributed by atoms with Gasteiger partial charge in [0.05, 0.1) is 6.07 Å². The molecule has 0 saturated heterocycles. The van der Waals surface area contributed by atoms with Crippen LogP contribution in [0.3, 0.4) is 0 Å². The van der Waals surface area contributed by atoms with Gasteiger partial charge >= 0.3 is 0 Å². The lowest BCUT2D eigenvalue weighted by molar-refractivity contribution is 0.481. The molecule has 0 aliphatic rings. The molecule has 0 aliphatic carbocycles. The van der Waals surface area contributed by atoms with Gasteiger partial charge in [-0.25, -0.2) is 8.78 Å². The molecule has 2 unspecified atom stereocenters. The van der Waals surface area contributed by atoms with Gasteiger partial charge in [0.2, 0.25) is 0 Å². The van der Waals surface area contributed by atoms with E-state index in [9.17, 15) is 8.78 Å². The molecule has 0 fully saturated rings. The van der Waals surface area contributed by atoms with E-state index >= 15 is 0 Å². The summed E-state index contributed by atoms with van der Waals surface area (Å²) in [5.74, 6) is -1.33. The molecule has 0 bridgehead atoms. The Labute approximate surface area is 93.9 Å². The third-order valence-electron chi connectivity index (χ3n) is 2.47. The topological polar surface area (TPSA) is 35.8 Å². The van der Waals surface area contributed by atoms with Crippen molar-refractivity contribution in [3.8, 4) is 6.07 Å². The number of hydrogen-bond acceptors (Lipinski definition) is 2. The molecule has 4 heteroatoms. The summed E-state index contributed by atoms with van der Waals surface area (Å²) in [5.41, 5.74) is 0.184. The minimum atomic E-state index is -0.740. The molecule has 0 radical (unpaired) electrons. The third-order valence-corrected chi connectivity index (χ3v) is 2.47. The van der Waals surface area contributed by atoms with Crippen LogP contribution in [0.25, 0.3) is 0 Å². The molecule has 0 heterocycles. The van der Waals surface area contributed by atoms with E-state index in [1.807, 2.05) is 19.9 Å². The number of rotatable bonds is 4. The van der Waals surface area contributed by atoms with Crippen LogP contribution in [0, 0.1) is 23.0 Å². The van der Waals surface area contributed by atoms with E-state index in [1.54, 1.807) is 0 Å². The highest BCUT2D eigenvalue weighted by Crippen LogP contribution is 2.18. The molecule has 0 amide bonds. The predicted molar refractivity (Wildman–Crippen MR) is 57.6 cm³/mol. The van der Waals surface area contributed by atoms with Gasteiger partial charge < -0.3 is 0 Å². The summed E-state index contributed by atoms with van der Waals surface area (Å²) in [7, 11) is 0. The summed E-state index contributed by atoms with van der Waals surface area (Å²) in [5, 5.41) is 11.9. The van der Waals surface area contributed by atoms with Gasteiger partial charge in [-0.05, 0) is 19.4 Å². The molecule has 86 valence electrons. The second-order valence-corrected chi connectivity index (χ2v) is 3.70. The van der Waals surface area contributed by atoms with E-state index in [4.69, 9.17) is 5.26 Å². The maximum absolute atomic E-state index is 13.4. The van der Waals surface area contributed by atoms with E-state index in [2.05, 4.69) is 5.32 Å². The number of benzene rings is 1. The minimum Gasteiger partial charge on any atom is -0.296 e. The van der Waals surface area contributed by atoms with Crippen molar-refractivity contribution < 1.29 is 8.78 Å². The van der Waals surface area contributed by atoms with Crippen LogP contribution in [-0.4, -0.2) is 6.04 Å². The van der Waals surface area contributed by atoms with Gasteiger partial charge in [-0.2, -0.15) is 5.26 Å². The van der Waals surface area contributed by atoms with Gasteiger partial charge in [0, 0.05) is 17.7 Å². The highest BCUT2D eigenvalue weighted by atomic mass is 19.1. The van der Waals surface area contributed by atoms with Crippen molar-refractivity contribution in [3.63, 3.8) is 0 Å². The van der Waals surface area contributed by atoms with E-state index in [1.165, 1.54) is 6.07 Å². The number of nitriles is 1. The van der Waals surface area contributed by atoms with Gasteiger partial charge in [0.25, 0.3) is 0 Å². The highest BCUT2D eigenvalue weighted by Gasteiger charge is 2.16. The number of hydrogen-bond donors (Lipinski definition) is 1. The van der Waals surface area contributed by atoms with Crippen molar-refractivity contribution in [3.05, 3.63) is 35.4 Å². The van der Waals surface area contributed by atoms with Crippen molar-refractivity contribution in [2.75, 3.05) is 0 Å². The van der Waals surface area contributed by atoms with Crippen LogP contribution in [0.5, 0.6) is 0 Å². The third kappa shape index (κ3) is 3.01. The Hall–Kier alpha value is -1.47. The SMILES string of the molecule is CCC(C)NC(C#N)c1ccc(F)cc1F. The van der Waals surface area contributed by atoms with Crippen LogP contribution in [0.15, 0.2) is 18.2 Å². The zero-order chi connectivity index (χ0) is 12.1. The Balaban J connectivity index is 2.92. The first-order chi connectivity index (χ1) is 7.58. The van der Waals surface area contributed by atoms with Crippen LogP contribution in [-0.2, 0) is 0 Å². The minimum absolute atomic E-state index is 0.106. The molecule has 1 aromatic rings. The lowest BCUT2D eigenvalue weighted by Crippen LogP contribution is -2.29. The van der Waals surface area contributed by atoms with Gasteiger partial charge in [0.1, 0.15) is 17.7 Å². The van der Waals surface area contributed by atoms with Gasteiger partial charge in [-0.3, -0.25) is 5.32 Å². The van der Waals surface area contributed by atoms with Crippen molar-refractivity contribution in [1.29, 1.82) is 5.26 Å². The molecule has 1 N–H and O–H groups in total. The maximum Gasteiger partial charge on any atom is 0.131 e. The molecule has 16 heavy (non-hydrogen) atoms. The monoisotopic (exact) mass is 224 g/mol. The summed E-state index contributed by atoms with van der Waals surface area (Å²) in [6, 6.07) is 4.58. The van der Waals surface area contributed by atoms with E-state index in [0.29, 0.717) is 0 Å². The molecule has 0 aliphatic heterocycles. The zero-order valence-electron chi connectivity index (χ0n) is 9.30. The standard InChI is InChI=1S/C12H14F2N2/c1-3-8(2)16-12(7-15)10-5-4-9(13)6-11(10)14/h4-6,8,12,16H,3H2,1-2H3. The second kappa shape index (κ2) is 5.57. The van der Waals surface area contributed by atoms with Crippen molar-refractivity contribution in [1.82, 2.24) is 5.32 Å². The molecule has 1 aromatic carbocycles. The van der Waals surface area contributed by atoms with Crippen molar-refractivity contribution >= 4 is 0 Å². The van der Waals surface area contributed by atoms with Crippen molar-refractivity contribution in [2.45, 2.75) is 32.4 Å². The first-order valence-corrected chi connectivity index (χ1v) is 5.19. The Morgan fingerprint density at radius 3 is 2.62 bits per heavy atom. The summed E-state index contributed by atoms with van der Waals surface area (Å²) in [4.78, 5) is 0. The molecular weight excluding hydrogens is 210 g/mol. The lowest BCUT2D eigenvalue weighted by Gasteiger charge is -2.17. The number of nitrogens with zero attached hydrogens (tertiary/aromatic N) is 1. The Kier molecular flexibility index (Phi) is 4.39. The van der Waals surface area contributed by atoms with E-state index < -0.39 is 17.7 Å². The second-order valence-electron chi connectivity index (χ2n) is 3.70. The quantitative estimate of drug-likeness (QED) is 0.853. The fourth-order valence-electron chi connectivity index (χ4n) is 1.33. The fourth-order valence-corrected chi connectivity index (χ4v) is 1.33. The van der Waals surface area contributed by atoms with Crippen LogP contribution in [0.2, 0.25) is 0 Å². The molecule has 1 rings (SSSR count). The smallest absolute Gasteiger partial charge is 0.131 e. The first-order valence-electron chi connectivity index (χ1n) is 5.19. The molecule has 0 spiro atoms. The predicted octanol–water partition coefficient (Wildman–Crippen LogP) is 2.92. The first kappa shape index (κ1) is 12.6. The Morgan fingerprint density at radius 1 is 1.44 bits per heavy atom. The van der Waals surface area contributed by atoms with Crippen LogP contribution < -0.4 is 5.32 Å². The Bertz CT molecular complexity index is 398. The largest absolute Gasteiger partial charge is 0.296 e. The average Bonchev–Trinajstić information content (AvgIpc) is 2.26. The number of nitrogens with one attached hydrogen (secondary N) is 1. The normalized spacial score (nSPS) is 14.2. The summed E-state index contributed by atoms with van der Waals surface area (Å²) < 4.78 is 26.1. The van der Waals surface area contributed by atoms with Crippen molar-refractivity contribution in [2.24, 2.45) is 0 Å². The van der Waals surface area contributed by atoms with Gasteiger partial charge in [-0.15, -0.1) is 0 Å². The van der Waals surface area contributed by atoms with Gasteiger partial charge in [0.15, 0.2) is 0 Å². The fraction of sp³-hybridized carbons (Fsp3) is 0.417. The van der Waals surface area contributed by atoms with E-state index in [-0.39, 0.29) is 11.6 Å². The highest BCUT2D eigenvalue weighted by molar-refractivity contribution is 5.26. The van der Waals surface area contributed by atoms with E-state index in [0.717, 1.165) is 18.6 Å².